The Balaban J connectivity index is 2.37. The van der Waals surface area contributed by atoms with E-state index in [2.05, 4.69) is 57.3 Å². The van der Waals surface area contributed by atoms with E-state index < -0.39 is 10.8 Å². The van der Waals surface area contributed by atoms with Gasteiger partial charge in [-0.2, -0.15) is 0 Å². The van der Waals surface area contributed by atoms with Gasteiger partial charge in [0.15, 0.2) is 0 Å². The van der Waals surface area contributed by atoms with E-state index in [0.29, 0.717) is 0 Å². The standard InChI is InChI=1S/C18H29NOS/c1-5-13-19-17-15-11-7-6-9-14(15)10-8-12-16(17)21(20)18(2,3)4/h6-7,9,11,16-17,19H,5,8,10,12-13H2,1-4H3. The topological polar surface area (TPSA) is 29.1 Å². The summed E-state index contributed by atoms with van der Waals surface area (Å²) in [7, 11) is -0.838. The number of hydrogen-bond donors (Lipinski definition) is 1. The lowest BCUT2D eigenvalue weighted by molar-refractivity contribution is 0.484. The van der Waals surface area contributed by atoms with Crippen LogP contribution in [0.3, 0.4) is 0 Å². The average Bonchev–Trinajstić information content (AvgIpc) is 2.62. The molecular weight excluding hydrogens is 278 g/mol. The number of nitrogens with one attached hydrogen (secondary N) is 1. The second kappa shape index (κ2) is 7.06. The molecule has 0 amide bonds. The molecule has 0 aliphatic heterocycles. The smallest absolute Gasteiger partial charge is 0.0548 e. The minimum absolute atomic E-state index is 0.157. The summed E-state index contributed by atoms with van der Waals surface area (Å²) < 4.78 is 12.9. The first-order valence-corrected chi connectivity index (χ1v) is 9.38. The Morgan fingerprint density at radius 2 is 2.00 bits per heavy atom. The van der Waals surface area contributed by atoms with E-state index in [9.17, 15) is 4.21 Å². The molecule has 1 aromatic rings. The molecule has 0 aromatic heterocycles. The lowest BCUT2D eigenvalue weighted by Gasteiger charge is -2.32. The van der Waals surface area contributed by atoms with Crippen molar-refractivity contribution in [3.05, 3.63) is 35.4 Å². The fraction of sp³-hybridized carbons (Fsp3) is 0.667. The van der Waals surface area contributed by atoms with Crippen molar-refractivity contribution in [3.8, 4) is 0 Å². The van der Waals surface area contributed by atoms with E-state index in [0.717, 1.165) is 32.2 Å². The van der Waals surface area contributed by atoms with Crippen LogP contribution in [0.2, 0.25) is 0 Å². The Labute approximate surface area is 132 Å². The fourth-order valence-electron chi connectivity index (χ4n) is 3.15. The molecule has 3 heteroatoms. The van der Waals surface area contributed by atoms with Crippen LogP contribution in [-0.4, -0.2) is 20.8 Å². The largest absolute Gasteiger partial charge is 0.309 e. The van der Waals surface area contributed by atoms with Gasteiger partial charge in [-0.15, -0.1) is 0 Å². The van der Waals surface area contributed by atoms with Gasteiger partial charge in [-0.1, -0.05) is 31.2 Å². The summed E-state index contributed by atoms with van der Waals surface area (Å²) in [6.45, 7) is 9.45. The first kappa shape index (κ1) is 16.7. The van der Waals surface area contributed by atoms with Gasteiger partial charge in [-0.05, 0) is 64.1 Å². The molecule has 0 saturated heterocycles. The molecule has 3 unspecified atom stereocenters. The van der Waals surface area contributed by atoms with Gasteiger partial charge < -0.3 is 5.32 Å². The normalized spacial score (nSPS) is 24.2. The second-order valence-electron chi connectivity index (χ2n) is 6.97. The SMILES string of the molecule is CCCNC1c2ccccc2CCCC1S(=O)C(C)(C)C. The maximum absolute atomic E-state index is 13.0. The molecule has 0 heterocycles. The number of benzene rings is 1. The Morgan fingerprint density at radius 3 is 2.67 bits per heavy atom. The first-order valence-electron chi connectivity index (χ1n) is 8.17. The summed E-state index contributed by atoms with van der Waals surface area (Å²) in [6, 6.07) is 8.92. The number of aryl methyl sites for hydroxylation is 1. The van der Waals surface area contributed by atoms with Crippen LogP contribution in [0.4, 0.5) is 0 Å². The summed E-state index contributed by atoms with van der Waals surface area (Å²) in [5.74, 6) is 0. The van der Waals surface area contributed by atoms with Crippen molar-refractivity contribution in [3.63, 3.8) is 0 Å². The summed E-state index contributed by atoms with van der Waals surface area (Å²) in [5.41, 5.74) is 2.80. The minimum Gasteiger partial charge on any atom is -0.309 e. The monoisotopic (exact) mass is 307 g/mol. The third kappa shape index (κ3) is 3.95. The quantitative estimate of drug-likeness (QED) is 0.853. The van der Waals surface area contributed by atoms with E-state index >= 15 is 0 Å². The first-order chi connectivity index (χ1) is 9.95. The maximum Gasteiger partial charge on any atom is 0.0548 e. The van der Waals surface area contributed by atoms with Crippen LogP contribution >= 0.6 is 0 Å². The Kier molecular flexibility index (Phi) is 5.61. The summed E-state index contributed by atoms with van der Waals surface area (Å²) >= 11 is 0. The average molecular weight is 308 g/mol. The Morgan fingerprint density at radius 1 is 1.29 bits per heavy atom. The van der Waals surface area contributed by atoms with Crippen LogP contribution < -0.4 is 5.32 Å². The molecule has 0 spiro atoms. The van der Waals surface area contributed by atoms with Gasteiger partial charge in [0.2, 0.25) is 0 Å². The van der Waals surface area contributed by atoms with Crippen LogP contribution in [-0.2, 0) is 17.2 Å². The van der Waals surface area contributed by atoms with Gasteiger partial charge in [-0.25, -0.2) is 0 Å². The van der Waals surface area contributed by atoms with Crippen molar-refractivity contribution < 1.29 is 4.21 Å². The molecule has 0 radical (unpaired) electrons. The highest BCUT2D eigenvalue weighted by Crippen LogP contribution is 2.35. The molecule has 118 valence electrons. The zero-order chi connectivity index (χ0) is 15.5. The number of rotatable bonds is 4. The highest BCUT2D eigenvalue weighted by Gasteiger charge is 2.36. The molecule has 21 heavy (non-hydrogen) atoms. The van der Waals surface area contributed by atoms with Crippen molar-refractivity contribution >= 4 is 10.8 Å². The molecular formula is C18H29NOS. The number of hydrogen-bond acceptors (Lipinski definition) is 2. The van der Waals surface area contributed by atoms with Crippen LogP contribution in [0.15, 0.2) is 24.3 Å². The molecule has 1 N–H and O–H groups in total. The summed E-state index contributed by atoms with van der Waals surface area (Å²) in [4.78, 5) is 0. The third-order valence-electron chi connectivity index (χ3n) is 4.19. The highest BCUT2D eigenvalue weighted by molar-refractivity contribution is 7.87. The lowest BCUT2D eigenvalue weighted by Crippen LogP contribution is -2.40. The fourth-order valence-corrected chi connectivity index (χ4v) is 4.93. The van der Waals surface area contributed by atoms with Crippen molar-refractivity contribution in [2.75, 3.05) is 6.54 Å². The van der Waals surface area contributed by atoms with E-state index in [1.165, 1.54) is 11.1 Å². The molecule has 1 aliphatic rings. The predicted molar refractivity (Wildman–Crippen MR) is 92.1 cm³/mol. The van der Waals surface area contributed by atoms with Gasteiger partial charge in [-0.3, -0.25) is 4.21 Å². The molecule has 2 nitrogen and oxygen atoms in total. The molecule has 1 aromatic carbocycles. The van der Waals surface area contributed by atoms with Gasteiger partial charge >= 0.3 is 0 Å². The van der Waals surface area contributed by atoms with E-state index in [1.54, 1.807) is 0 Å². The van der Waals surface area contributed by atoms with Crippen molar-refractivity contribution in [2.45, 2.75) is 69.4 Å². The number of fused-ring (bicyclic) bond motifs is 1. The summed E-state index contributed by atoms with van der Waals surface area (Å²) in [5, 5.41) is 3.89. The second-order valence-corrected chi connectivity index (χ2v) is 9.40. The zero-order valence-corrected chi connectivity index (χ0v) is 14.6. The molecule has 3 atom stereocenters. The Bertz CT molecular complexity index is 492. The molecule has 0 fully saturated rings. The van der Waals surface area contributed by atoms with Crippen LogP contribution in [0, 0.1) is 0 Å². The molecule has 0 bridgehead atoms. The molecule has 1 aliphatic carbocycles. The summed E-state index contributed by atoms with van der Waals surface area (Å²) in [6.07, 6.45) is 4.39. The third-order valence-corrected chi connectivity index (χ3v) is 6.45. The van der Waals surface area contributed by atoms with Crippen LogP contribution in [0.5, 0.6) is 0 Å². The predicted octanol–water partition coefficient (Wildman–Crippen LogP) is 3.98. The van der Waals surface area contributed by atoms with Gasteiger partial charge in [0, 0.05) is 21.6 Å². The minimum atomic E-state index is -0.838. The highest BCUT2D eigenvalue weighted by atomic mass is 32.2. The van der Waals surface area contributed by atoms with Crippen LogP contribution in [0.25, 0.3) is 0 Å². The van der Waals surface area contributed by atoms with Gasteiger partial charge in [0.25, 0.3) is 0 Å². The molecule has 0 saturated carbocycles. The van der Waals surface area contributed by atoms with Crippen molar-refractivity contribution in [2.24, 2.45) is 0 Å². The van der Waals surface area contributed by atoms with Crippen molar-refractivity contribution in [1.29, 1.82) is 0 Å². The van der Waals surface area contributed by atoms with Gasteiger partial charge in [0.1, 0.15) is 0 Å². The van der Waals surface area contributed by atoms with E-state index in [1.807, 2.05) is 0 Å². The van der Waals surface area contributed by atoms with Crippen LogP contribution in [0.1, 0.15) is 64.1 Å². The Hall–Kier alpha value is -0.670. The van der Waals surface area contributed by atoms with E-state index in [-0.39, 0.29) is 16.0 Å². The van der Waals surface area contributed by atoms with E-state index in [4.69, 9.17) is 0 Å². The van der Waals surface area contributed by atoms with Crippen molar-refractivity contribution in [1.82, 2.24) is 5.32 Å². The lowest BCUT2D eigenvalue weighted by atomic mass is 9.99. The zero-order valence-electron chi connectivity index (χ0n) is 13.8. The maximum atomic E-state index is 13.0. The molecule has 2 rings (SSSR count). The van der Waals surface area contributed by atoms with Gasteiger partial charge in [0.05, 0.1) is 5.25 Å².